The van der Waals surface area contributed by atoms with Gasteiger partial charge in [0.1, 0.15) is 17.7 Å². The first-order valence-corrected chi connectivity index (χ1v) is 12.9. The van der Waals surface area contributed by atoms with Crippen molar-refractivity contribution in [1.82, 2.24) is 14.8 Å². The molecule has 7 nitrogen and oxygen atoms in total. The maximum atomic E-state index is 11.6. The topological polar surface area (TPSA) is 83.1 Å². The molecule has 0 saturated heterocycles. The normalized spacial score (nSPS) is 11.9. The quantitative estimate of drug-likeness (QED) is 0.119. The molecule has 1 heterocycles. The zero-order valence-corrected chi connectivity index (χ0v) is 22.4. The van der Waals surface area contributed by atoms with Crippen LogP contribution in [0.25, 0.3) is 5.69 Å². The summed E-state index contributed by atoms with van der Waals surface area (Å²) in [5, 5.41) is 21.0. The molecule has 186 valence electrons. The van der Waals surface area contributed by atoms with Crippen molar-refractivity contribution in [2.45, 2.75) is 30.9 Å². The van der Waals surface area contributed by atoms with Crippen LogP contribution in [0.3, 0.4) is 0 Å². The van der Waals surface area contributed by atoms with Crippen LogP contribution in [0.5, 0.6) is 5.75 Å². The molecule has 0 bridgehead atoms. The molecular weight excluding hydrogens is 543 g/mol. The molecule has 0 radical (unpaired) electrons. The number of aromatic nitrogens is 3. The molecule has 4 rings (SSSR count). The zero-order chi connectivity index (χ0) is 25.8. The van der Waals surface area contributed by atoms with Gasteiger partial charge in [0.05, 0.1) is 10.0 Å². The highest BCUT2D eigenvalue weighted by Gasteiger charge is 2.26. The predicted molar refractivity (Wildman–Crippen MR) is 144 cm³/mol. The number of nitro groups is 1. The first-order chi connectivity index (χ1) is 17.2. The van der Waals surface area contributed by atoms with Gasteiger partial charge in [-0.25, -0.2) is 0 Å². The summed E-state index contributed by atoms with van der Waals surface area (Å²) in [4.78, 5) is 11.2. The number of halogens is 3. The molecule has 3 aromatic carbocycles. The van der Waals surface area contributed by atoms with Crippen LogP contribution in [0.15, 0.2) is 65.8 Å². The third-order valence-electron chi connectivity index (χ3n) is 5.34. The lowest BCUT2D eigenvalue weighted by molar-refractivity contribution is -0.479. The van der Waals surface area contributed by atoms with Crippen molar-refractivity contribution in [3.05, 3.63) is 108 Å². The minimum absolute atomic E-state index is 0.171. The van der Waals surface area contributed by atoms with Crippen LogP contribution >= 0.6 is 46.6 Å². The van der Waals surface area contributed by atoms with Crippen molar-refractivity contribution in [3.8, 4) is 11.4 Å². The van der Waals surface area contributed by atoms with E-state index in [9.17, 15) is 10.1 Å². The number of nitrogens with zero attached hydrogens (tertiary/aromatic N) is 4. The number of ether oxygens (including phenoxy) is 1. The minimum atomic E-state index is -0.625. The highest BCUT2D eigenvalue weighted by atomic mass is 35.5. The van der Waals surface area contributed by atoms with Crippen molar-refractivity contribution in [3.63, 3.8) is 0 Å². The van der Waals surface area contributed by atoms with Gasteiger partial charge in [0.15, 0.2) is 10.9 Å². The van der Waals surface area contributed by atoms with Gasteiger partial charge in [-0.1, -0.05) is 76.9 Å². The number of hydrogen-bond donors (Lipinski definition) is 0. The summed E-state index contributed by atoms with van der Waals surface area (Å²) in [6, 6.07) is 18.4. The molecule has 0 amide bonds. The average Bonchev–Trinajstić information content (AvgIpc) is 3.18. The SMILES string of the molecule is Cc1cccc(-n2c(C)nnc2S[C@H](C[N+](=O)[O-])c2cc(Cl)c(OCc3ccccc3Cl)c(Cl)c2)c1. The Kier molecular flexibility index (Phi) is 8.41. The third kappa shape index (κ3) is 6.13. The summed E-state index contributed by atoms with van der Waals surface area (Å²) in [7, 11) is 0. The molecule has 0 aliphatic heterocycles. The van der Waals surface area contributed by atoms with E-state index < -0.39 is 5.25 Å². The number of hydrogen-bond acceptors (Lipinski definition) is 6. The summed E-state index contributed by atoms with van der Waals surface area (Å²) >= 11 is 20.5. The van der Waals surface area contributed by atoms with E-state index in [1.165, 1.54) is 11.8 Å². The maximum Gasteiger partial charge on any atom is 0.220 e. The molecular formula is C25H21Cl3N4O3S. The van der Waals surface area contributed by atoms with E-state index in [4.69, 9.17) is 39.5 Å². The van der Waals surface area contributed by atoms with Gasteiger partial charge in [0.2, 0.25) is 6.54 Å². The Morgan fingerprint density at radius 2 is 1.72 bits per heavy atom. The zero-order valence-electron chi connectivity index (χ0n) is 19.3. The van der Waals surface area contributed by atoms with Crippen molar-refractivity contribution >= 4 is 46.6 Å². The summed E-state index contributed by atoms with van der Waals surface area (Å²) in [5.74, 6) is 0.952. The fourth-order valence-corrected chi connectivity index (χ4v) is 5.58. The maximum absolute atomic E-state index is 11.6. The molecule has 4 aromatic rings. The van der Waals surface area contributed by atoms with Crippen LogP contribution in [0.1, 0.15) is 27.8 Å². The van der Waals surface area contributed by atoms with Crippen molar-refractivity contribution in [1.29, 1.82) is 0 Å². The highest BCUT2D eigenvalue weighted by Crippen LogP contribution is 2.42. The molecule has 36 heavy (non-hydrogen) atoms. The lowest BCUT2D eigenvalue weighted by atomic mass is 10.1. The smallest absolute Gasteiger partial charge is 0.220 e. The lowest BCUT2D eigenvalue weighted by Crippen LogP contribution is -2.11. The molecule has 1 aromatic heterocycles. The van der Waals surface area contributed by atoms with E-state index in [1.807, 2.05) is 60.9 Å². The van der Waals surface area contributed by atoms with E-state index in [0.717, 1.165) is 16.8 Å². The van der Waals surface area contributed by atoms with E-state index >= 15 is 0 Å². The van der Waals surface area contributed by atoms with Crippen molar-refractivity contribution in [2.24, 2.45) is 0 Å². The Labute approximate surface area is 227 Å². The molecule has 0 unspecified atom stereocenters. The standard InChI is InChI=1S/C25H21Cl3N4O3S/c1-15-6-5-8-19(10-15)32-16(2)29-30-25(32)36-23(13-31(33)34)18-11-21(27)24(22(28)12-18)35-14-17-7-3-4-9-20(17)26/h3-12,23H,13-14H2,1-2H3/t23-/m1/s1. The Bertz CT molecular complexity index is 1390. The minimum Gasteiger partial charge on any atom is -0.486 e. The van der Waals surface area contributed by atoms with E-state index in [-0.39, 0.29) is 33.9 Å². The van der Waals surface area contributed by atoms with Crippen LogP contribution < -0.4 is 4.74 Å². The average molecular weight is 564 g/mol. The largest absolute Gasteiger partial charge is 0.486 e. The fourth-order valence-electron chi connectivity index (χ4n) is 3.63. The van der Waals surface area contributed by atoms with Crippen LogP contribution in [-0.4, -0.2) is 26.2 Å². The van der Waals surface area contributed by atoms with Gasteiger partial charge in [0.25, 0.3) is 0 Å². The lowest BCUT2D eigenvalue weighted by Gasteiger charge is -2.17. The highest BCUT2D eigenvalue weighted by molar-refractivity contribution is 7.99. The Balaban J connectivity index is 1.63. The second kappa shape index (κ2) is 11.5. The first kappa shape index (κ1) is 26.3. The van der Waals surface area contributed by atoms with E-state index in [0.29, 0.717) is 21.6 Å². The summed E-state index contributed by atoms with van der Waals surface area (Å²) in [5.41, 5.74) is 3.31. The molecule has 1 atom stereocenters. The fraction of sp³-hybridized carbons (Fsp3) is 0.200. The molecule has 0 aliphatic carbocycles. The van der Waals surface area contributed by atoms with Crippen LogP contribution in [0, 0.1) is 24.0 Å². The number of thioether (sulfide) groups is 1. The van der Waals surface area contributed by atoms with E-state index in [2.05, 4.69) is 10.2 Å². The second-order valence-electron chi connectivity index (χ2n) is 8.02. The van der Waals surface area contributed by atoms with Gasteiger partial charge >= 0.3 is 0 Å². The van der Waals surface area contributed by atoms with Crippen LogP contribution in [-0.2, 0) is 6.61 Å². The number of benzene rings is 3. The summed E-state index contributed by atoms with van der Waals surface area (Å²) in [6.07, 6.45) is 0. The van der Waals surface area contributed by atoms with Crippen LogP contribution in [0.2, 0.25) is 15.1 Å². The molecule has 0 saturated carbocycles. The van der Waals surface area contributed by atoms with Gasteiger partial charge in [-0.2, -0.15) is 0 Å². The van der Waals surface area contributed by atoms with Crippen molar-refractivity contribution < 1.29 is 9.66 Å². The summed E-state index contributed by atoms with van der Waals surface area (Å²) < 4.78 is 7.71. The predicted octanol–water partition coefficient (Wildman–Crippen LogP) is 7.53. The van der Waals surface area contributed by atoms with Gasteiger partial charge in [-0.15, -0.1) is 10.2 Å². The van der Waals surface area contributed by atoms with Gasteiger partial charge in [-0.3, -0.25) is 14.7 Å². The number of rotatable bonds is 9. The van der Waals surface area contributed by atoms with Gasteiger partial charge < -0.3 is 4.74 Å². The number of aryl methyl sites for hydroxylation is 2. The van der Waals surface area contributed by atoms with Gasteiger partial charge in [-0.05, 0) is 55.3 Å². The van der Waals surface area contributed by atoms with E-state index in [1.54, 1.807) is 18.2 Å². The first-order valence-electron chi connectivity index (χ1n) is 10.9. The van der Waals surface area contributed by atoms with Crippen molar-refractivity contribution in [2.75, 3.05) is 6.54 Å². The third-order valence-corrected chi connectivity index (χ3v) is 7.45. The monoisotopic (exact) mass is 562 g/mol. The molecule has 0 spiro atoms. The summed E-state index contributed by atoms with van der Waals surface area (Å²) in [6.45, 7) is 3.63. The molecule has 0 N–H and O–H groups in total. The molecule has 0 fully saturated rings. The molecule has 11 heteroatoms. The second-order valence-corrected chi connectivity index (χ2v) is 10.4. The Hall–Kier alpha value is -2.78. The Morgan fingerprint density at radius 3 is 2.39 bits per heavy atom. The Morgan fingerprint density at radius 1 is 1.00 bits per heavy atom. The van der Waals surface area contributed by atoms with Crippen LogP contribution in [0.4, 0.5) is 0 Å². The molecule has 0 aliphatic rings. The van der Waals surface area contributed by atoms with Gasteiger partial charge in [0, 0.05) is 21.2 Å².